The van der Waals surface area contributed by atoms with Crippen LogP contribution in [0.2, 0.25) is 0 Å². The van der Waals surface area contributed by atoms with E-state index in [0.717, 1.165) is 23.3 Å². The minimum Gasteiger partial charge on any atom is -0.390 e. The van der Waals surface area contributed by atoms with Crippen LogP contribution in [0, 0.1) is 15.9 Å². The van der Waals surface area contributed by atoms with Crippen LogP contribution in [0.3, 0.4) is 0 Å². The van der Waals surface area contributed by atoms with Crippen LogP contribution in [-0.2, 0) is 10.2 Å². The van der Waals surface area contributed by atoms with Gasteiger partial charge in [0, 0.05) is 33.2 Å². The molecule has 0 aliphatic carbocycles. The van der Waals surface area contributed by atoms with Crippen LogP contribution in [-0.4, -0.2) is 77.0 Å². The first-order valence-corrected chi connectivity index (χ1v) is 13.5. The Hall–Kier alpha value is -4.15. The van der Waals surface area contributed by atoms with Crippen molar-refractivity contribution in [2.45, 2.75) is 43.4 Å². The van der Waals surface area contributed by atoms with Crippen LogP contribution in [0.4, 0.5) is 10.1 Å². The third-order valence-corrected chi connectivity index (χ3v) is 7.86. The molecule has 2 amide bonds. The highest BCUT2D eigenvalue weighted by molar-refractivity contribution is 5.98. The maximum atomic E-state index is 14.0. The Morgan fingerprint density at radius 3 is 2.20 bits per heavy atom. The number of nitro benzene ring substituents is 1. The summed E-state index contributed by atoms with van der Waals surface area (Å²) in [5, 5.41) is 25.0. The Morgan fingerprint density at radius 2 is 1.68 bits per heavy atom. The molecule has 41 heavy (non-hydrogen) atoms. The fraction of sp³-hybridized carbons (Fsp3) is 0.355. The predicted octanol–water partition coefficient (Wildman–Crippen LogP) is 3.75. The van der Waals surface area contributed by atoms with Gasteiger partial charge in [0.05, 0.1) is 23.1 Å². The molecule has 1 heterocycles. The van der Waals surface area contributed by atoms with Crippen LogP contribution in [0.5, 0.6) is 0 Å². The van der Waals surface area contributed by atoms with Gasteiger partial charge < -0.3 is 15.3 Å². The van der Waals surface area contributed by atoms with E-state index in [1.54, 1.807) is 19.0 Å². The van der Waals surface area contributed by atoms with E-state index in [2.05, 4.69) is 10.2 Å². The number of likely N-dealkylation sites (N-methyl/N-ethyl adjacent to an activating group) is 1. The molecule has 3 atom stereocenters. The summed E-state index contributed by atoms with van der Waals surface area (Å²) in [5.74, 6) is -1.61. The van der Waals surface area contributed by atoms with Crippen molar-refractivity contribution in [1.29, 1.82) is 0 Å². The smallest absolute Gasteiger partial charge is 0.285 e. The summed E-state index contributed by atoms with van der Waals surface area (Å²) in [4.78, 5) is 41.1. The van der Waals surface area contributed by atoms with E-state index in [0.29, 0.717) is 25.5 Å². The second kappa shape index (κ2) is 12.6. The van der Waals surface area contributed by atoms with Gasteiger partial charge in [0.25, 0.3) is 11.6 Å². The molecule has 1 unspecified atom stereocenters. The summed E-state index contributed by atoms with van der Waals surface area (Å²) in [6.07, 6.45) is -0.122. The van der Waals surface area contributed by atoms with Crippen molar-refractivity contribution < 1.29 is 24.0 Å². The maximum absolute atomic E-state index is 14.0. The van der Waals surface area contributed by atoms with E-state index < -0.39 is 39.9 Å². The number of aliphatic hydroxyl groups is 1. The number of halogens is 1. The fourth-order valence-corrected chi connectivity index (χ4v) is 5.75. The highest BCUT2D eigenvalue weighted by atomic mass is 19.1. The number of β-amino-alcohol motifs (C(OH)–C–C–N with tert-alkyl or cyclic N) is 1. The molecule has 1 saturated heterocycles. The molecule has 0 saturated carbocycles. The van der Waals surface area contributed by atoms with Gasteiger partial charge in [-0.25, -0.2) is 4.39 Å². The maximum Gasteiger partial charge on any atom is 0.285 e. The lowest BCUT2D eigenvalue weighted by atomic mass is 9.69. The average Bonchev–Trinajstić information content (AvgIpc) is 2.97. The van der Waals surface area contributed by atoms with Crippen molar-refractivity contribution in [1.82, 2.24) is 15.1 Å². The largest absolute Gasteiger partial charge is 0.390 e. The average molecular weight is 563 g/mol. The molecule has 3 aromatic rings. The first kappa shape index (κ1) is 29.8. The molecular formula is C31H35FN4O5. The van der Waals surface area contributed by atoms with E-state index in [9.17, 15) is 29.2 Å². The number of carbonyl (C=O) groups excluding carboxylic acids is 2. The third kappa shape index (κ3) is 6.28. The topological polar surface area (TPSA) is 116 Å². The Morgan fingerprint density at radius 1 is 1.10 bits per heavy atom. The molecule has 0 aromatic heterocycles. The molecule has 0 spiro atoms. The number of nitrogens with zero attached hydrogens (tertiary/aromatic N) is 3. The molecule has 1 fully saturated rings. The number of likely N-dealkylation sites (tertiary alicyclic amines) is 1. The van der Waals surface area contributed by atoms with Crippen LogP contribution in [0.25, 0.3) is 0 Å². The van der Waals surface area contributed by atoms with Crippen molar-refractivity contribution in [2.75, 3.05) is 27.2 Å². The second-order valence-electron chi connectivity index (χ2n) is 10.7. The monoisotopic (exact) mass is 562 g/mol. The molecule has 4 rings (SSSR count). The van der Waals surface area contributed by atoms with Crippen LogP contribution < -0.4 is 5.32 Å². The minimum absolute atomic E-state index is 0.0506. The quantitative estimate of drug-likeness (QED) is 0.303. The number of hydrogen-bond donors (Lipinski definition) is 2. The summed E-state index contributed by atoms with van der Waals surface area (Å²) in [6.45, 7) is 2.77. The lowest BCUT2D eigenvalue weighted by Gasteiger charge is -2.44. The normalized spacial score (nSPS) is 18.4. The third-order valence-electron chi connectivity index (χ3n) is 7.86. The highest BCUT2D eigenvalue weighted by Crippen LogP contribution is 2.40. The molecule has 9 nitrogen and oxygen atoms in total. The van der Waals surface area contributed by atoms with E-state index in [1.165, 1.54) is 0 Å². The molecule has 3 aromatic carbocycles. The van der Waals surface area contributed by atoms with E-state index in [-0.39, 0.29) is 24.1 Å². The Bertz CT molecular complexity index is 1350. The van der Waals surface area contributed by atoms with Crippen molar-refractivity contribution in [2.24, 2.45) is 0 Å². The standard InChI is InChI=1S/C31H35FN4O5/c1-21(19-31(30(39)34(2)3,22-10-6-4-7-11-22)23-12-8-5-9-13-23)35-17-16-26(28(37)20-35)33-29(38)25-15-14-24(32)18-27(25)36(40)41/h4-15,18,21,26,28,37H,16-17,19-20H2,1-3H3,(H,33,38)/t21?,26-,28-/m1/s1. The molecule has 0 radical (unpaired) electrons. The number of piperidine rings is 1. The lowest BCUT2D eigenvalue weighted by Crippen LogP contribution is -2.57. The molecule has 2 N–H and O–H groups in total. The molecule has 1 aliphatic rings. The minimum atomic E-state index is -0.969. The van der Waals surface area contributed by atoms with Gasteiger partial charge in [0.1, 0.15) is 16.8 Å². The van der Waals surface area contributed by atoms with Crippen LogP contribution in [0.1, 0.15) is 41.3 Å². The van der Waals surface area contributed by atoms with Crippen molar-refractivity contribution in [3.05, 3.63) is 111 Å². The summed E-state index contributed by atoms with van der Waals surface area (Å²) in [7, 11) is 3.49. The number of nitro groups is 1. The van der Waals surface area contributed by atoms with Gasteiger partial charge >= 0.3 is 0 Å². The summed E-state index contributed by atoms with van der Waals surface area (Å²) >= 11 is 0. The Kier molecular flexibility index (Phi) is 9.14. The summed E-state index contributed by atoms with van der Waals surface area (Å²) in [6, 6.07) is 21.4. The van der Waals surface area contributed by atoms with Crippen molar-refractivity contribution >= 4 is 17.5 Å². The van der Waals surface area contributed by atoms with Gasteiger partial charge in [0.2, 0.25) is 5.91 Å². The Balaban J connectivity index is 1.55. The SMILES string of the molecule is CC(CC(C(=O)N(C)C)(c1ccccc1)c1ccccc1)N1CC[C@@H](NC(=O)c2ccc(F)cc2[N+](=O)[O-])[C@H](O)C1. The summed E-state index contributed by atoms with van der Waals surface area (Å²) in [5.41, 5.74) is -0.118. The molecule has 10 heteroatoms. The number of amides is 2. The van der Waals surface area contributed by atoms with Gasteiger partial charge in [-0.05, 0) is 43.0 Å². The van der Waals surface area contributed by atoms with Crippen LogP contribution in [0.15, 0.2) is 78.9 Å². The first-order valence-electron chi connectivity index (χ1n) is 13.5. The number of aliphatic hydroxyl groups excluding tert-OH is 1. The highest BCUT2D eigenvalue weighted by Gasteiger charge is 2.45. The molecule has 0 bridgehead atoms. The van der Waals surface area contributed by atoms with Gasteiger partial charge in [-0.2, -0.15) is 0 Å². The van der Waals surface area contributed by atoms with Gasteiger partial charge in [-0.15, -0.1) is 0 Å². The van der Waals surface area contributed by atoms with E-state index in [1.807, 2.05) is 67.6 Å². The molecule has 1 aliphatic heterocycles. The fourth-order valence-electron chi connectivity index (χ4n) is 5.75. The van der Waals surface area contributed by atoms with Crippen LogP contribution >= 0.6 is 0 Å². The number of hydrogen-bond acceptors (Lipinski definition) is 6. The molecule has 216 valence electrons. The second-order valence-corrected chi connectivity index (χ2v) is 10.7. The molecular weight excluding hydrogens is 527 g/mol. The van der Waals surface area contributed by atoms with Gasteiger partial charge in [-0.1, -0.05) is 60.7 Å². The zero-order chi connectivity index (χ0) is 29.7. The Labute approximate surface area is 238 Å². The predicted molar refractivity (Wildman–Crippen MR) is 153 cm³/mol. The van der Waals surface area contributed by atoms with Gasteiger partial charge in [0.15, 0.2) is 0 Å². The number of carbonyl (C=O) groups is 2. The number of nitrogens with one attached hydrogen (secondary N) is 1. The zero-order valence-corrected chi connectivity index (χ0v) is 23.4. The van der Waals surface area contributed by atoms with E-state index in [4.69, 9.17) is 0 Å². The van der Waals surface area contributed by atoms with Crippen molar-refractivity contribution in [3.63, 3.8) is 0 Å². The number of rotatable bonds is 9. The van der Waals surface area contributed by atoms with Gasteiger partial charge in [-0.3, -0.25) is 24.6 Å². The lowest BCUT2D eigenvalue weighted by molar-refractivity contribution is -0.385. The first-order chi connectivity index (χ1) is 19.5. The number of benzene rings is 3. The van der Waals surface area contributed by atoms with E-state index >= 15 is 0 Å². The van der Waals surface area contributed by atoms with Crippen molar-refractivity contribution in [3.8, 4) is 0 Å². The zero-order valence-electron chi connectivity index (χ0n) is 23.4. The summed E-state index contributed by atoms with van der Waals surface area (Å²) < 4.78 is 13.5.